The summed E-state index contributed by atoms with van der Waals surface area (Å²) in [4.78, 5) is -0.166. The van der Waals surface area contributed by atoms with Crippen LogP contribution in [0.25, 0.3) is 10.8 Å². The molecule has 0 spiro atoms. The molecule has 4 nitrogen and oxygen atoms in total. The Bertz CT molecular complexity index is 826. The van der Waals surface area contributed by atoms with Crippen LogP contribution in [-0.4, -0.2) is 16.8 Å². The lowest BCUT2D eigenvalue weighted by Gasteiger charge is -2.04. The number of halogens is 2. The van der Waals surface area contributed by atoms with Crippen molar-refractivity contribution >= 4 is 50.2 Å². The second-order valence-electron chi connectivity index (χ2n) is 3.51. The molecule has 0 N–H and O–H groups in total. The summed E-state index contributed by atoms with van der Waals surface area (Å²) in [6.07, 6.45) is 0. The van der Waals surface area contributed by atoms with E-state index in [9.17, 15) is 16.8 Å². The van der Waals surface area contributed by atoms with E-state index in [1.807, 2.05) is 0 Å². The third-order valence-corrected chi connectivity index (χ3v) is 5.09. The molecule has 0 atom stereocenters. The second kappa shape index (κ2) is 4.38. The highest BCUT2D eigenvalue weighted by Gasteiger charge is 2.16. The quantitative estimate of drug-likeness (QED) is 0.796. The fourth-order valence-electron chi connectivity index (χ4n) is 1.60. The standard InChI is InChI=1S/C10H6Cl2O4S2/c11-17(13,14)8-4-5-9-7(6-8)2-1-3-10(9)18(12,15)16/h1-6H. The Kier molecular flexibility index (Phi) is 3.31. The van der Waals surface area contributed by atoms with E-state index in [2.05, 4.69) is 0 Å². The first-order chi connectivity index (χ1) is 8.19. The molecule has 0 aliphatic heterocycles. The minimum Gasteiger partial charge on any atom is -0.207 e. The monoisotopic (exact) mass is 324 g/mol. The van der Waals surface area contributed by atoms with Crippen LogP contribution in [0.1, 0.15) is 0 Å². The molecule has 0 aliphatic rings. The Hall–Kier alpha value is -0.820. The van der Waals surface area contributed by atoms with Crippen LogP contribution in [-0.2, 0) is 18.1 Å². The fraction of sp³-hybridized carbons (Fsp3) is 0. The van der Waals surface area contributed by atoms with E-state index in [-0.39, 0.29) is 9.79 Å². The predicted molar refractivity (Wildman–Crippen MR) is 70.0 cm³/mol. The molecule has 2 aromatic carbocycles. The van der Waals surface area contributed by atoms with Gasteiger partial charge in [0.2, 0.25) is 0 Å². The van der Waals surface area contributed by atoms with Gasteiger partial charge in [0.15, 0.2) is 0 Å². The van der Waals surface area contributed by atoms with Gasteiger partial charge < -0.3 is 0 Å². The van der Waals surface area contributed by atoms with Gasteiger partial charge in [-0.25, -0.2) is 16.8 Å². The molecule has 0 radical (unpaired) electrons. The van der Waals surface area contributed by atoms with Crippen LogP contribution >= 0.6 is 21.4 Å². The van der Waals surface area contributed by atoms with E-state index in [4.69, 9.17) is 21.4 Å². The smallest absolute Gasteiger partial charge is 0.207 e. The molecule has 0 unspecified atom stereocenters. The van der Waals surface area contributed by atoms with E-state index in [1.165, 1.54) is 30.3 Å². The van der Waals surface area contributed by atoms with Gasteiger partial charge in [0, 0.05) is 26.8 Å². The fourth-order valence-corrected chi connectivity index (χ4v) is 3.48. The zero-order valence-electron chi connectivity index (χ0n) is 8.67. The summed E-state index contributed by atoms with van der Waals surface area (Å²) in [5.74, 6) is 0. The van der Waals surface area contributed by atoms with Gasteiger partial charge in [0.25, 0.3) is 18.1 Å². The maximum absolute atomic E-state index is 11.3. The zero-order chi connectivity index (χ0) is 13.6. The highest BCUT2D eigenvalue weighted by atomic mass is 35.7. The normalized spacial score (nSPS) is 12.8. The highest BCUT2D eigenvalue weighted by molar-refractivity contribution is 8.14. The Labute approximate surface area is 113 Å². The lowest BCUT2D eigenvalue weighted by Crippen LogP contribution is -1.94. The van der Waals surface area contributed by atoms with Gasteiger partial charge in [-0.1, -0.05) is 18.2 Å². The third-order valence-electron chi connectivity index (χ3n) is 2.36. The Morgan fingerprint density at radius 2 is 1.50 bits per heavy atom. The molecular formula is C10H6Cl2O4S2. The number of hydrogen-bond acceptors (Lipinski definition) is 4. The van der Waals surface area contributed by atoms with Crippen molar-refractivity contribution in [1.82, 2.24) is 0 Å². The van der Waals surface area contributed by atoms with E-state index in [0.717, 1.165) is 0 Å². The maximum Gasteiger partial charge on any atom is 0.261 e. The van der Waals surface area contributed by atoms with Crippen molar-refractivity contribution in [2.45, 2.75) is 9.79 Å². The molecule has 2 rings (SSSR count). The van der Waals surface area contributed by atoms with Gasteiger partial charge >= 0.3 is 0 Å². The average Bonchev–Trinajstić information content (AvgIpc) is 2.25. The molecule has 18 heavy (non-hydrogen) atoms. The summed E-state index contributed by atoms with van der Waals surface area (Å²) in [7, 11) is 2.77. The molecule has 0 amide bonds. The van der Waals surface area contributed by atoms with Gasteiger partial charge in [-0.15, -0.1) is 0 Å². The number of rotatable bonds is 2. The Morgan fingerprint density at radius 1 is 0.833 bits per heavy atom. The summed E-state index contributed by atoms with van der Waals surface area (Å²) in [6, 6.07) is 8.29. The molecule has 0 saturated heterocycles. The second-order valence-corrected chi connectivity index (χ2v) is 8.62. The first-order valence-electron chi connectivity index (χ1n) is 4.62. The van der Waals surface area contributed by atoms with Gasteiger partial charge in [-0.3, -0.25) is 0 Å². The van der Waals surface area contributed by atoms with Gasteiger partial charge in [-0.05, 0) is 23.6 Å². The topological polar surface area (TPSA) is 68.3 Å². The molecule has 96 valence electrons. The zero-order valence-corrected chi connectivity index (χ0v) is 11.8. The molecule has 8 heteroatoms. The minimum absolute atomic E-state index is 0.0693. The van der Waals surface area contributed by atoms with Crippen LogP contribution in [0.2, 0.25) is 0 Å². The molecule has 0 saturated carbocycles. The van der Waals surface area contributed by atoms with Crippen molar-refractivity contribution in [2.24, 2.45) is 0 Å². The first kappa shape index (κ1) is 13.6. The summed E-state index contributed by atoms with van der Waals surface area (Å²) in [5.41, 5.74) is 0. The molecule has 0 fully saturated rings. The molecule has 2 aromatic rings. The highest BCUT2D eigenvalue weighted by Crippen LogP contribution is 2.28. The molecule has 0 heterocycles. The average molecular weight is 325 g/mol. The molecular weight excluding hydrogens is 319 g/mol. The lowest BCUT2D eigenvalue weighted by atomic mass is 10.1. The van der Waals surface area contributed by atoms with Crippen LogP contribution in [0.15, 0.2) is 46.2 Å². The summed E-state index contributed by atoms with van der Waals surface area (Å²) >= 11 is 0. The first-order valence-corrected chi connectivity index (χ1v) is 9.23. The van der Waals surface area contributed by atoms with Crippen LogP contribution in [0.3, 0.4) is 0 Å². The number of hydrogen-bond donors (Lipinski definition) is 0. The number of fused-ring (bicyclic) bond motifs is 1. The van der Waals surface area contributed by atoms with E-state index in [1.54, 1.807) is 6.07 Å². The predicted octanol–water partition coefficient (Wildman–Crippen LogP) is 2.69. The molecule has 0 aromatic heterocycles. The van der Waals surface area contributed by atoms with Gasteiger partial charge in [0.1, 0.15) is 0 Å². The van der Waals surface area contributed by atoms with Crippen LogP contribution in [0, 0.1) is 0 Å². The van der Waals surface area contributed by atoms with Crippen molar-refractivity contribution in [1.29, 1.82) is 0 Å². The Balaban J connectivity index is 2.85. The van der Waals surface area contributed by atoms with Crippen molar-refractivity contribution in [3.63, 3.8) is 0 Å². The summed E-state index contributed by atoms with van der Waals surface area (Å²) < 4.78 is 45.1. The van der Waals surface area contributed by atoms with Crippen LogP contribution in [0.4, 0.5) is 0 Å². The van der Waals surface area contributed by atoms with Crippen molar-refractivity contribution in [3.8, 4) is 0 Å². The lowest BCUT2D eigenvalue weighted by molar-refractivity contribution is 0.608. The largest absolute Gasteiger partial charge is 0.261 e. The SMILES string of the molecule is O=S(=O)(Cl)c1ccc2c(S(=O)(=O)Cl)cccc2c1. The number of benzene rings is 2. The van der Waals surface area contributed by atoms with Crippen molar-refractivity contribution < 1.29 is 16.8 Å². The molecule has 0 aliphatic carbocycles. The van der Waals surface area contributed by atoms with E-state index < -0.39 is 18.1 Å². The Morgan fingerprint density at radius 3 is 2.06 bits per heavy atom. The minimum atomic E-state index is -3.89. The van der Waals surface area contributed by atoms with Gasteiger partial charge in [-0.2, -0.15) is 0 Å². The van der Waals surface area contributed by atoms with Gasteiger partial charge in [0.05, 0.1) is 9.79 Å². The van der Waals surface area contributed by atoms with Crippen LogP contribution in [0.5, 0.6) is 0 Å². The maximum atomic E-state index is 11.3. The van der Waals surface area contributed by atoms with Crippen molar-refractivity contribution in [2.75, 3.05) is 0 Å². The summed E-state index contributed by atoms with van der Waals surface area (Å²) in [6.45, 7) is 0. The molecule has 0 bridgehead atoms. The third kappa shape index (κ3) is 2.61. The van der Waals surface area contributed by atoms with Crippen molar-refractivity contribution in [3.05, 3.63) is 36.4 Å². The van der Waals surface area contributed by atoms with E-state index in [0.29, 0.717) is 10.8 Å². The summed E-state index contributed by atoms with van der Waals surface area (Å²) in [5, 5.41) is 0.773. The van der Waals surface area contributed by atoms with E-state index >= 15 is 0 Å². The van der Waals surface area contributed by atoms with Crippen LogP contribution < -0.4 is 0 Å².